The Bertz CT molecular complexity index is 1080. The van der Waals surface area contributed by atoms with Gasteiger partial charge in [0.2, 0.25) is 0 Å². The lowest BCUT2D eigenvalue weighted by Gasteiger charge is -2.34. The molecule has 5 nitrogen and oxygen atoms in total. The summed E-state index contributed by atoms with van der Waals surface area (Å²) < 4.78 is 7.71. The molecule has 1 aliphatic heterocycles. The molecule has 5 heteroatoms. The Kier molecular flexibility index (Phi) is 5.09. The molecular weight excluding hydrogens is 364 g/mol. The smallest absolute Gasteiger partial charge is 0.307 e. The summed E-state index contributed by atoms with van der Waals surface area (Å²) in [4.78, 5) is 14.1. The van der Waals surface area contributed by atoms with Gasteiger partial charge in [0, 0.05) is 37.8 Å². The van der Waals surface area contributed by atoms with Crippen molar-refractivity contribution in [2.45, 2.75) is 33.7 Å². The molecule has 0 spiro atoms. The highest BCUT2D eigenvalue weighted by Gasteiger charge is 2.28. The summed E-state index contributed by atoms with van der Waals surface area (Å²) in [6, 6.07) is 10.6. The maximum absolute atomic E-state index is 11.8. The number of carboxylic acid groups (broad SMARTS) is 1. The lowest BCUT2D eigenvalue weighted by molar-refractivity contribution is -0.136. The van der Waals surface area contributed by atoms with Gasteiger partial charge in [-0.05, 0) is 49.1 Å². The SMILES string of the molecule is COCCN1CCn2c(C)cc3c(-c4ccc(C)cc4)c(CC(=O)O)c(C)c1c32. The first-order chi connectivity index (χ1) is 13.9. The van der Waals surface area contributed by atoms with Crippen molar-refractivity contribution >= 4 is 22.6 Å². The van der Waals surface area contributed by atoms with Crippen LogP contribution in [0.15, 0.2) is 30.3 Å². The Morgan fingerprint density at radius 3 is 2.52 bits per heavy atom. The maximum atomic E-state index is 11.8. The van der Waals surface area contributed by atoms with Gasteiger partial charge in [0.15, 0.2) is 0 Å². The number of carboxylic acids is 1. The highest BCUT2D eigenvalue weighted by Crippen LogP contribution is 2.44. The van der Waals surface area contributed by atoms with Crippen LogP contribution >= 0.6 is 0 Å². The molecule has 0 atom stereocenters. The number of rotatable bonds is 6. The molecular formula is C24H28N2O3. The normalized spacial score (nSPS) is 13.3. The number of aliphatic carboxylic acids is 1. The number of anilines is 1. The Morgan fingerprint density at radius 1 is 1.14 bits per heavy atom. The van der Waals surface area contributed by atoms with E-state index in [1.165, 1.54) is 16.8 Å². The summed E-state index contributed by atoms with van der Waals surface area (Å²) in [5, 5.41) is 10.8. The average Bonchev–Trinajstić information content (AvgIpc) is 3.02. The quantitative estimate of drug-likeness (QED) is 0.679. The molecule has 2 heterocycles. The number of nitrogens with zero attached hydrogens (tertiary/aromatic N) is 2. The molecule has 0 saturated heterocycles. The van der Waals surface area contributed by atoms with Crippen molar-refractivity contribution in [2.24, 2.45) is 0 Å². The van der Waals surface area contributed by atoms with E-state index in [-0.39, 0.29) is 6.42 Å². The van der Waals surface area contributed by atoms with Gasteiger partial charge in [0.05, 0.1) is 24.2 Å². The van der Waals surface area contributed by atoms with Crippen LogP contribution in [-0.4, -0.2) is 42.4 Å². The van der Waals surface area contributed by atoms with Crippen LogP contribution in [0.25, 0.3) is 22.0 Å². The molecule has 0 saturated carbocycles. The Morgan fingerprint density at radius 2 is 1.86 bits per heavy atom. The topological polar surface area (TPSA) is 54.7 Å². The zero-order valence-electron chi connectivity index (χ0n) is 17.6. The van der Waals surface area contributed by atoms with E-state index in [0.29, 0.717) is 6.61 Å². The second-order valence-corrected chi connectivity index (χ2v) is 7.94. The van der Waals surface area contributed by atoms with Gasteiger partial charge in [-0.3, -0.25) is 4.79 Å². The predicted octanol–water partition coefficient (Wildman–Crippen LogP) is 4.33. The van der Waals surface area contributed by atoms with Crippen LogP contribution in [-0.2, 0) is 22.5 Å². The van der Waals surface area contributed by atoms with Crippen LogP contribution in [0.2, 0.25) is 0 Å². The lowest BCUT2D eigenvalue weighted by Crippen LogP contribution is -2.35. The van der Waals surface area contributed by atoms with Crippen LogP contribution in [0.5, 0.6) is 0 Å². The summed E-state index contributed by atoms with van der Waals surface area (Å²) in [6.07, 6.45) is 0.0142. The Balaban J connectivity index is 2.06. The number of ether oxygens (including phenoxy) is 1. The summed E-state index contributed by atoms with van der Waals surface area (Å²) in [5.41, 5.74) is 8.88. The van der Waals surface area contributed by atoms with E-state index in [2.05, 4.69) is 60.6 Å². The number of aryl methyl sites for hydroxylation is 2. The summed E-state index contributed by atoms with van der Waals surface area (Å²) >= 11 is 0. The highest BCUT2D eigenvalue weighted by atomic mass is 16.5. The number of benzene rings is 2. The van der Waals surface area contributed by atoms with E-state index in [1.807, 2.05) is 0 Å². The number of carbonyl (C=O) groups is 1. The lowest BCUT2D eigenvalue weighted by atomic mass is 9.88. The summed E-state index contributed by atoms with van der Waals surface area (Å²) in [6.45, 7) is 9.55. The molecule has 3 aromatic rings. The van der Waals surface area contributed by atoms with Crippen molar-refractivity contribution in [3.63, 3.8) is 0 Å². The fourth-order valence-electron chi connectivity index (χ4n) is 4.65. The number of hydrogen-bond acceptors (Lipinski definition) is 3. The van der Waals surface area contributed by atoms with Crippen LogP contribution in [0.4, 0.5) is 5.69 Å². The molecule has 4 rings (SSSR count). The predicted molar refractivity (Wildman–Crippen MR) is 117 cm³/mol. The molecule has 0 bridgehead atoms. The average molecular weight is 392 g/mol. The van der Waals surface area contributed by atoms with Crippen LogP contribution in [0.1, 0.15) is 22.4 Å². The molecule has 152 valence electrons. The second-order valence-electron chi connectivity index (χ2n) is 7.94. The van der Waals surface area contributed by atoms with Crippen molar-refractivity contribution in [2.75, 3.05) is 31.7 Å². The molecule has 0 radical (unpaired) electrons. The number of hydrogen-bond donors (Lipinski definition) is 1. The Labute approximate surface area is 171 Å². The zero-order chi connectivity index (χ0) is 20.7. The Hall–Kier alpha value is -2.79. The van der Waals surface area contributed by atoms with Crippen LogP contribution in [0.3, 0.4) is 0 Å². The van der Waals surface area contributed by atoms with Crippen molar-refractivity contribution in [1.29, 1.82) is 0 Å². The first-order valence-corrected chi connectivity index (χ1v) is 10.1. The van der Waals surface area contributed by atoms with Gasteiger partial charge < -0.3 is 19.3 Å². The summed E-state index contributed by atoms with van der Waals surface area (Å²) in [5.74, 6) is -0.802. The van der Waals surface area contributed by atoms with E-state index < -0.39 is 5.97 Å². The van der Waals surface area contributed by atoms with Gasteiger partial charge >= 0.3 is 5.97 Å². The van der Waals surface area contributed by atoms with Crippen LogP contribution in [0, 0.1) is 20.8 Å². The third-order valence-corrected chi connectivity index (χ3v) is 6.05. The largest absolute Gasteiger partial charge is 0.481 e. The molecule has 0 amide bonds. The monoisotopic (exact) mass is 392 g/mol. The van der Waals surface area contributed by atoms with Gasteiger partial charge in [-0.1, -0.05) is 29.8 Å². The molecule has 29 heavy (non-hydrogen) atoms. The maximum Gasteiger partial charge on any atom is 0.307 e. The minimum Gasteiger partial charge on any atom is -0.481 e. The molecule has 0 fully saturated rings. The van der Waals surface area contributed by atoms with Gasteiger partial charge in [0.1, 0.15) is 0 Å². The van der Waals surface area contributed by atoms with E-state index in [9.17, 15) is 9.90 Å². The third-order valence-electron chi connectivity index (χ3n) is 6.05. The number of aromatic nitrogens is 1. The van der Waals surface area contributed by atoms with Crippen molar-refractivity contribution < 1.29 is 14.6 Å². The molecule has 1 N–H and O–H groups in total. The molecule has 0 unspecified atom stereocenters. The second kappa shape index (κ2) is 7.56. The van der Waals surface area contributed by atoms with E-state index in [0.717, 1.165) is 53.0 Å². The third kappa shape index (κ3) is 3.29. The van der Waals surface area contributed by atoms with Crippen molar-refractivity contribution in [3.8, 4) is 11.1 Å². The molecule has 2 aromatic carbocycles. The minimum absolute atomic E-state index is 0.0142. The van der Waals surface area contributed by atoms with Gasteiger partial charge in [-0.2, -0.15) is 0 Å². The summed E-state index contributed by atoms with van der Waals surface area (Å²) in [7, 11) is 1.72. The van der Waals surface area contributed by atoms with Gasteiger partial charge in [-0.25, -0.2) is 0 Å². The van der Waals surface area contributed by atoms with E-state index in [4.69, 9.17) is 4.74 Å². The number of methoxy groups -OCH3 is 1. The first-order valence-electron chi connectivity index (χ1n) is 10.1. The van der Waals surface area contributed by atoms with Gasteiger partial charge in [0.25, 0.3) is 0 Å². The first kappa shape index (κ1) is 19.5. The minimum atomic E-state index is -0.802. The van der Waals surface area contributed by atoms with Gasteiger partial charge in [-0.15, -0.1) is 0 Å². The molecule has 1 aliphatic rings. The van der Waals surface area contributed by atoms with E-state index in [1.54, 1.807) is 7.11 Å². The molecule has 0 aliphatic carbocycles. The fourth-order valence-corrected chi connectivity index (χ4v) is 4.65. The van der Waals surface area contributed by atoms with Crippen molar-refractivity contribution in [1.82, 2.24) is 4.57 Å². The van der Waals surface area contributed by atoms with Crippen molar-refractivity contribution in [3.05, 3.63) is 52.7 Å². The van der Waals surface area contributed by atoms with E-state index >= 15 is 0 Å². The standard InChI is InChI=1S/C24H28N2O3/c1-15-5-7-18(8-6-15)22-19(14-21(27)28)17(3)23-24-20(22)13-16(2)26(24)10-9-25(23)11-12-29-4/h5-8,13H,9-12,14H2,1-4H3,(H,27,28). The molecule has 1 aromatic heterocycles. The fraction of sp³-hybridized carbons (Fsp3) is 0.375. The van der Waals surface area contributed by atoms with Crippen LogP contribution < -0.4 is 4.90 Å². The zero-order valence-corrected chi connectivity index (χ0v) is 17.6. The highest BCUT2D eigenvalue weighted by molar-refractivity contribution is 6.07.